The lowest BCUT2D eigenvalue weighted by molar-refractivity contribution is -0.141. The fourth-order valence-corrected chi connectivity index (χ4v) is 4.03. The summed E-state index contributed by atoms with van der Waals surface area (Å²) in [5.74, 6) is -0.513. The number of carbonyl (C=O) groups is 2. The number of likely N-dealkylation sites (tertiary alicyclic amines) is 1. The minimum atomic E-state index is -0.943. The molecule has 1 aliphatic carbocycles. The second kappa shape index (κ2) is 7.43. The Bertz CT molecular complexity index is 629. The fourth-order valence-electron chi connectivity index (χ4n) is 3.86. The Morgan fingerprint density at radius 1 is 1.12 bits per heavy atom. The highest BCUT2D eigenvalue weighted by atomic mass is 35.5. The molecule has 1 saturated heterocycles. The highest BCUT2D eigenvalue weighted by Gasteiger charge is 2.34. The zero-order valence-electron chi connectivity index (χ0n) is 13.6. The molecular weight excluding hydrogens is 328 g/mol. The van der Waals surface area contributed by atoms with Crippen LogP contribution in [0.15, 0.2) is 18.2 Å². The van der Waals surface area contributed by atoms with Crippen LogP contribution < -0.4 is 5.32 Å². The maximum Gasteiger partial charge on any atom is 0.326 e. The zero-order valence-corrected chi connectivity index (χ0v) is 14.4. The van der Waals surface area contributed by atoms with Crippen molar-refractivity contribution in [2.45, 2.75) is 56.9 Å². The van der Waals surface area contributed by atoms with Gasteiger partial charge >= 0.3 is 12.0 Å². The van der Waals surface area contributed by atoms with Gasteiger partial charge in [0.05, 0.1) is 0 Å². The van der Waals surface area contributed by atoms with Gasteiger partial charge in [-0.25, -0.2) is 9.59 Å². The molecule has 2 N–H and O–H groups in total. The maximum atomic E-state index is 12.6. The van der Waals surface area contributed by atoms with Gasteiger partial charge in [-0.2, -0.15) is 0 Å². The van der Waals surface area contributed by atoms with Crippen LogP contribution in [0.1, 0.15) is 56.4 Å². The molecule has 1 saturated carbocycles. The Hall–Kier alpha value is -1.75. The Kier molecular flexibility index (Phi) is 5.29. The molecule has 1 aliphatic heterocycles. The summed E-state index contributed by atoms with van der Waals surface area (Å²) in [6, 6.07) is 4.54. The van der Waals surface area contributed by atoms with Gasteiger partial charge in [0.2, 0.25) is 0 Å². The Morgan fingerprint density at radius 3 is 2.58 bits per heavy atom. The highest BCUT2D eigenvalue weighted by Crippen LogP contribution is 2.37. The van der Waals surface area contributed by atoms with Crippen LogP contribution in [0.5, 0.6) is 0 Å². The Morgan fingerprint density at radius 2 is 1.88 bits per heavy atom. The molecule has 0 unspecified atom stereocenters. The van der Waals surface area contributed by atoms with E-state index in [-0.39, 0.29) is 6.03 Å². The Labute approximate surface area is 147 Å². The number of halogens is 1. The molecule has 2 fully saturated rings. The number of anilines is 1. The van der Waals surface area contributed by atoms with Gasteiger partial charge in [-0.1, -0.05) is 36.9 Å². The molecule has 1 aromatic rings. The minimum Gasteiger partial charge on any atom is -0.480 e. The van der Waals surface area contributed by atoms with Crippen LogP contribution >= 0.6 is 11.6 Å². The largest absolute Gasteiger partial charge is 0.480 e. The first-order valence-electron chi connectivity index (χ1n) is 8.66. The van der Waals surface area contributed by atoms with E-state index in [1.165, 1.54) is 24.2 Å². The summed E-state index contributed by atoms with van der Waals surface area (Å²) in [4.78, 5) is 25.3. The second-order valence-electron chi connectivity index (χ2n) is 6.69. The maximum absolute atomic E-state index is 12.6. The summed E-state index contributed by atoms with van der Waals surface area (Å²) in [5.41, 5.74) is 1.83. The third-order valence-electron chi connectivity index (χ3n) is 5.10. The molecule has 3 rings (SSSR count). The van der Waals surface area contributed by atoms with Crippen molar-refractivity contribution in [1.82, 2.24) is 4.90 Å². The van der Waals surface area contributed by atoms with Gasteiger partial charge < -0.3 is 15.3 Å². The predicted molar refractivity (Wildman–Crippen MR) is 93.7 cm³/mol. The summed E-state index contributed by atoms with van der Waals surface area (Å²) in [7, 11) is 0. The molecule has 2 aliphatic rings. The van der Waals surface area contributed by atoms with Crippen molar-refractivity contribution >= 4 is 29.3 Å². The molecule has 0 spiro atoms. The number of aliphatic carboxylic acids is 1. The molecule has 24 heavy (non-hydrogen) atoms. The van der Waals surface area contributed by atoms with Crippen molar-refractivity contribution in [2.75, 3.05) is 11.9 Å². The van der Waals surface area contributed by atoms with E-state index < -0.39 is 12.0 Å². The van der Waals surface area contributed by atoms with E-state index in [0.29, 0.717) is 23.9 Å². The molecule has 0 radical (unpaired) electrons. The standard InChI is InChI=1S/C18H23ClN2O3/c19-13-8-9-14(12-5-2-1-3-6-12)15(11-13)20-18(24)21-10-4-7-16(21)17(22)23/h8-9,11-12,16H,1-7,10H2,(H,20,24)(H,22,23)/t16-/m1/s1. The van der Waals surface area contributed by atoms with Crippen molar-refractivity contribution in [1.29, 1.82) is 0 Å². The van der Waals surface area contributed by atoms with Gasteiger partial charge in [0.15, 0.2) is 0 Å². The molecule has 5 nitrogen and oxygen atoms in total. The average molecular weight is 351 g/mol. The van der Waals surface area contributed by atoms with Gasteiger partial charge in [0.25, 0.3) is 0 Å². The van der Waals surface area contributed by atoms with Crippen LogP contribution in [-0.2, 0) is 4.79 Å². The van der Waals surface area contributed by atoms with E-state index in [9.17, 15) is 14.7 Å². The highest BCUT2D eigenvalue weighted by molar-refractivity contribution is 6.31. The number of carbonyl (C=O) groups excluding carboxylic acids is 1. The molecule has 1 aromatic carbocycles. The van der Waals surface area contributed by atoms with E-state index in [1.807, 2.05) is 12.1 Å². The lowest BCUT2D eigenvalue weighted by atomic mass is 9.83. The quantitative estimate of drug-likeness (QED) is 0.845. The summed E-state index contributed by atoms with van der Waals surface area (Å²) < 4.78 is 0. The van der Waals surface area contributed by atoms with Crippen LogP contribution in [0, 0.1) is 0 Å². The van der Waals surface area contributed by atoms with Crippen LogP contribution in [0.3, 0.4) is 0 Å². The number of urea groups is 1. The van der Waals surface area contributed by atoms with Crippen molar-refractivity contribution < 1.29 is 14.7 Å². The molecule has 130 valence electrons. The normalized spacial score (nSPS) is 21.7. The lowest BCUT2D eigenvalue weighted by Crippen LogP contribution is -2.43. The minimum absolute atomic E-state index is 0.348. The number of nitrogens with zero attached hydrogens (tertiary/aromatic N) is 1. The van der Waals surface area contributed by atoms with E-state index in [4.69, 9.17) is 11.6 Å². The number of hydrogen-bond acceptors (Lipinski definition) is 2. The molecule has 2 amide bonds. The average Bonchev–Trinajstić information content (AvgIpc) is 3.06. The van der Waals surface area contributed by atoms with E-state index in [1.54, 1.807) is 6.07 Å². The lowest BCUT2D eigenvalue weighted by Gasteiger charge is -2.26. The van der Waals surface area contributed by atoms with Crippen LogP contribution in [-0.4, -0.2) is 34.6 Å². The first-order valence-corrected chi connectivity index (χ1v) is 9.04. The zero-order chi connectivity index (χ0) is 17.1. The molecule has 0 bridgehead atoms. The van der Waals surface area contributed by atoms with Gasteiger partial charge in [-0.3, -0.25) is 0 Å². The van der Waals surface area contributed by atoms with Crippen molar-refractivity contribution in [2.24, 2.45) is 0 Å². The number of rotatable bonds is 3. The third kappa shape index (κ3) is 3.66. The number of nitrogens with one attached hydrogen (secondary N) is 1. The third-order valence-corrected chi connectivity index (χ3v) is 5.34. The van der Waals surface area contributed by atoms with Gasteiger partial charge in [0.1, 0.15) is 6.04 Å². The smallest absolute Gasteiger partial charge is 0.326 e. The molecule has 1 heterocycles. The topological polar surface area (TPSA) is 69.6 Å². The van der Waals surface area contributed by atoms with Crippen molar-refractivity contribution in [3.05, 3.63) is 28.8 Å². The Balaban J connectivity index is 1.79. The van der Waals surface area contributed by atoms with Crippen molar-refractivity contribution in [3.8, 4) is 0 Å². The first kappa shape index (κ1) is 17.1. The number of carboxylic acids is 1. The number of amides is 2. The number of benzene rings is 1. The molecule has 1 atom stereocenters. The first-order chi connectivity index (χ1) is 11.6. The van der Waals surface area contributed by atoms with Gasteiger partial charge in [-0.05, 0) is 49.3 Å². The fraction of sp³-hybridized carbons (Fsp3) is 0.556. The SMILES string of the molecule is O=C(O)[C@H]1CCCN1C(=O)Nc1cc(Cl)ccc1C1CCCCC1. The van der Waals surface area contributed by atoms with Crippen LogP contribution in [0.2, 0.25) is 5.02 Å². The van der Waals surface area contributed by atoms with Crippen molar-refractivity contribution in [3.63, 3.8) is 0 Å². The van der Waals surface area contributed by atoms with Crippen LogP contribution in [0.25, 0.3) is 0 Å². The molecular formula is C18H23ClN2O3. The van der Waals surface area contributed by atoms with E-state index in [0.717, 1.165) is 30.5 Å². The monoisotopic (exact) mass is 350 g/mol. The summed E-state index contributed by atoms with van der Waals surface area (Å²) in [6.45, 7) is 0.474. The second-order valence-corrected chi connectivity index (χ2v) is 7.12. The van der Waals surface area contributed by atoms with E-state index in [2.05, 4.69) is 5.32 Å². The molecule has 6 heteroatoms. The predicted octanol–water partition coefficient (Wildman–Crippen LogP) is 4.47. The van der Waals surface area contributed by atoms with Gasteiger partial charge in [0, 0.05) is 17.3 Å². The van der Waals surface area contributed by atoms with Crippen LogP contribution in [0.4, 0.5) is 10.5 Å². The summed E-state index contributed by atoms with van der Waals surface area (Å²) >= 11 is 6.12. The number of hydrogen-bond donors (Lipinski definition) is 2. The van der Waals surface area contributed by atoms with Gasteiger partial charge in [-0.15, -0.1) is 0 Å². The van der Waals surface area contributed by atoms with E-state index >= 15 is 0 Å². The molecule has 0 aromatic heterocycles. The number of carboxylic acid groups (broad SMARTS) is 1. The summed E-state index contributed by atoms with van der Waals surface area (Å²) in [6.07, 6.45) is 7.13. The summed E-state index contributed by atoms with van der Waals surface area (Å²) in [5, 5.41) is 12.7.